The van der Waals surface area contributed by atoms with Crippen LogP contribution in [0, 0.1) is 17.0 Å². The molecule has 0 atom stereocenters. The van der Waals surface area contributed by atoms with Gasteiger partial charge in [0.25, 0.3) is 5.69 Å². The number of aryl methyl sites for hydroxylation is 1. The molecule has 146 valence electrons. The fraction of sp³-hybridized carbons (Fsp3) is 0.417. The molecule has 0 saturated heterocycles. The van der Waals surface area contributed by atoms with Crippen molar-refractivity contribution in [2.45, 2.75) is 30.9 Å². The maximum atomic E-state index is 13.4. The van der Waals surface area contributed by atoms with Crippen LogP contribution in [-0.4, -0.2) is 34.8 Å². The number of nitrogens with one attached hydrogen (secondary N) is 1. The summed E-state index contributed by atoms with van der Waals surface area (Å²) in [6.45, 7) is 1.19. The van der Waals surface area contributed by atoms with Gasteiger partial charge in [-0.2, -0.15) is 39.5 Å². The Labute approximate surface area is 137 Å². The van der Waals surface area contributed by atoms with Crippen molar-refractivity contribution in [3.8, 4) is 0 Å². The summed E-state index contributed by atoms with van der Waals surface area (Å²) in [7, 11) is 0. The summed E-state index contributed by atoms with van der Waals surface area (Å²) in [5.74, 6) is -24.0. The highest BCUT2D eigenvalue weighted by Gasteiger charge is 2.83. The molecule has 0 aromatic heterocycles. The fourth-order valence-electron chi connectivity index (χ4n) is 1.61. The zero-order valence-corrected chi connectivity index (χ0v) is 12.3. The van der Waals surface area contributed by atoms with Gasteiger partial charge >= 0.3 is 29.9 Å². The summed E-state index contributed by atoms with van der Waals surface area (Å²) in [5.41, 5.74) is -1.68. The summed E-state index contributed by atoms with van der Waals surface area (Å²) in [4.78, 5) is 20.8. The number of amides is 1. The van der Waals surface area contributed by atoms with Crippen LogP contribution in [0.2, 0.25) is 0 Å². The zero-order valence-electron chi connectivity index (χ0n) is 12.3. The third-order valence-corrected chi connectivity index (χ3v) is 3.09. The Morgan fingerprint density at radius 1 is 1.00 bits per heavy atom. The molecule has 0 aliphatic carbocycles. The lowest BCUT2D eigenvalue weighted by molar-refractivity contribution is -0.388. The number of carbonyl (C=O) groups excluding carboxylic acids is 1. The maximum absolute atomic E-state index is 13.4. The van der Waals surface area contributed by atoms with Crippen LogP contribution in [0.5, 0.6) is 0 Å². The summed E-state index contributed by atoms with van der Waals surface area (Å²) in [5, 5.41) is 11.6. The third kappa shape index (κ3) is 3.39. The number of rotatable bonds is 5. The number of hydrogen-bond donors (Lipinski definition) is 1. The molecule has 1 N–H and O–H groups in total. The van der Waals surface area contributed by atoms with Crippen molar-refractivity contribution in [1.82, 2.24) is 0 Å². The molecule has 0 bridgehead atoms. The van der Waals surface area contributed by atoms with Crippen molar-refractivity contribution in [2.75, 3.05) is 5.32 Å². The van der Waals surface area contributed by atoms with Gasteiger partial charge in [-0.05, 0) is 13.0 Å². The molecule has 26 heavy (non-hydrogen) atoms. The summed E-state index contributed by atoms with van der Waals surface area (Å²) < 4.78 is 114. The van der Waals surface area contributed by atoms with E-state index in [1.165, 1.54) is 6.92 Å². The van der Waals surface area contributed by atoms with E-state index >= 15 is 0 Å². The SMILES string of the molecule is Cc1ccc(NC(=O)C(F)(F)C(F)(F)C(F)(F)C(F)(F)F)cc1[N+](=O)[O-]. The third-order valence-electron chi connectivity index (χ3n) is 3.09. The molecule has 0 fully saturated rings. The minimum Gasteiger partial charge on any atom is -0.320 e. The summed E-state index contributed by atoms with van der Waals surface area (Å²) in [6.07, 6.45) is -7.07. The van der Waals surface area contributed by atoms with Crippen LogP contribution in [0.15, 0.2) is 18.2 Å². The number of carbonyl (C=O) groups is 1. The largest absolute Gasteiger partial charge is 0.460 e. The fourth-order valence-corrected chi connectivity index (χ4v) is 1.61. The first-order valence-corrected chi connectivity index (χ1v) is 6.23. The number of benzene rings is 1. The number of nitrogens with zero attached hydrogens (tertiary/aromatic N) is 1. The minimum absolute atomic E-state index is 0.0336. The van der Waals surface area contributed by atoms with Gasteiger partial charge in [0, 0.05) is 17.3 Å². The van der Waals surface area contributed by atoms with Crippen molar-refractivity contribution >= 4 is 17.3 Å². The van der Waals surface area contributed by atoms with Gasteiger partial charge < -0.3 is 5.32 Å². The van der Waals surface area contributed by atoms with E-state index in [9.17, 15) is 54.4 Å². The lowest BCUT2D eigenvalue weighted by Crippen LogP contribution is -2.64. The number of halogens is 9. The van der Waals surface area contributed by atoms with Gasteiger partial charge in [0.05, 0.1) is 4.92 Å². The van der Waals surface area contributed by atoms with Crippen molar-refractivity contribution < 1.29 is 49.2 Å². The summed E-state index contributed by atoms with van der Waals surface area (Å²) >= 11 is 0. The number of hydrogen-bond acceptors (Lipinski definition) is 3. The molecule has 0 aliphatic rings. The molecule has 1 aromatic carbocycles. The normalized spacial score (nSPS) is 13.5. The van der Waals surface area contributed by atoms with Crippen LogP contribution < -0.4 is 5.32 Å². The van der Waals surface area contributed by atoms with E-state index < -0.39 is 46.1 Å². The van der Waals surface area contributed by atoms with E-state index in [1.54, 1.807) is 0 Å². The Kier molecular flexibility index (Phi) is 5.23. The van der Waals surface area contributed by atoms with E-state index in [2.05, 4.69) is 0 Å². The van der Waals surface area contributed by atoms with E-state index in [1.807, 2.05) is 0 Å². The van der Waals surface area contributed by atoms with Gasteiger partial charge in [0.2, 0.25) is 0 Å². The van der Waals surface area contributed by atoms with Gasteiger partial charge in [-0.3, -0.25) is 14.9 Å². The standard InChI is InChI=1S/C12H7F9N2O3/c1-5-2-3-6(4-7(5)23(25)26)22-8(24)9(13,14)10(15,16)11(17,18)12(19,20)21/h2-4H,1H3,(H,22,24). The topological polar surface area (TPSA) is 72.2 Å². The Bertz CT molecular complexity index is 731. The smallest absolute Gasteiger partial charge is 0.320 e. The van der Waals surface area contributed by atoms with Gasteiger partial charge in [0.1, 0.15) is 0 Å². The Morgan fingerprint density at radius 3 is 1.92 bits per heavy atom. The molecule has 0 saturated carbocycles. The van der Waals surface area contributed by atoms with Crippen LogP contribution in [0.3, 0.4) is 0 Å². The van der Waals surface area contributed by atoms with Gasteiger partial charge in [-0.1, -0.05) is 6.07 Å². The molecule has 0 unspecified atom stereocenters. The molecular weight excluding hydrogens is 391 g/mol. The Hall–Kier alpha value is -2.54. The van der Waals surface area contributed by atoms with Crippen molar-refractivity contribution in [3.63, 3.8) is 0 Å². The van der Waals surface area contributed by atoms with Crippen LogP contribution in [0.25, 0.3) is 0 Å². The van der Waals surface area contributed by atoms with Crippen LogP contribution in [0.1, 0.15) is 5.56 Å². The molecule has 1 rings (SSSR count). The average molecular weight is 398 g/mol. The number of nitro groups is 1. The summed E-state index contributed by atoms with van der Waals surface area (Å²) in [6, 6.07) is 2.05. The molecule has 1 aromatic rings. The second-order valence-electron chi connectivity index (χ2n) is 4.93. The molecule has 5 nitrogen and oxygen atoms in total. The monoisotopic (exact) mass is 398 g/mol. The first-order valence-electron chi connectivity index (χ1n) is 6.23. The Balaban J connectivity index is 3.23. The molecule has 0 radical (unpaired) electrons. The van der Waals surface area contributed by atoms with Crippen LogP contribution in [-0.2, 0) is 4.79 Å². The van der Waals surface area contributed by atoms with Crippen LogP contribution >= 0.6 is 0 Å². The molecule has 0 heterocycles. The molecule has 1 amide bonds. The zero-order chi connectivity index (χ0) is 20.7. The molecule has 0 spiro atoms. The number of anilines is 1. The molecule has 0 aliphatic heterocycles. The first kappa shape index (κ1) is 21.5. The van der Waals surface area contributed by atoms with Gasteiger partial charge in [0.15, 0.2) is 0 Å². The van der Waals surface area contributed by atoms with Crippen molar-refractivity contribution in [1.29, 1.82) is 0 Å². The van der Waals surface area contributed by atoms with Crippen molar-refractivity contribution in [2.24, 2.45) is 0 Å². The lowest BCUT2D eigenvalue weighted by atomic mass is 10.0. The Morgan fingerprint density at radius 2 is 1.50 bits per heavy atom. The quantitative estimate of drug-likeness (QED) is 0.457. The minimum atomic E-state index is -7.22. The van der Waals surface area contributed by atoms with E-state index in [4.69, 9.17) is 0 Å². The second kappa shape index (κ2) is 6.32. The highest BCUT2D eigenvalue weighted by Crippen LogP contribution is 2.53. The number of alkyl halides is 9. The van der Waals surface area contributed by atoms with E-state index in [0.717, 1.165) is 17.4 Å². The van der Waals surface area contributed by atoms with E-state index in [0.29, 0.717) is 6.07 Å². The van der Waals surface area contributed by atoms with E-state index in [-0.39, 0.29) is 5.56 Å². The van der Waals surface area contributed by atoms with Gasteiger partial charge in [-0.25, -0.2) is 0 Å². The predicted molar refractivity (Wildman–Crippen MR) is 67.4 cm³/mol. The average Bonchev–Trinajstić information content (AvgIpc) is 2.47. The molecular formula is C12H7F9N2O3. The second-order valence-corrected chi connectivity index (χ2v) is 4.93. The van der Waals surface area contributed by atoms with Gasteiger partial charge in [-0.15, -0.1) is 0 Å². The molecule has 14 heteroatoms. The first-order chi connectivity index (χ1) is 11.5. The lowest BCUT2D eigenvalue weighted by Gasteiger charge is -2.32. The predicted octanol–water partition coefficient (Wildman–Crippen LogP) is 4.31. The number of nitro benzene ring substituents is 1. The maximum Gasteiger partial charge on any atom is 0.460 e. The highest BCUT2D eigenvalue weighted by atomic mass is 19.4. The van der Waals surface area contributed by atoms with Crippen LogP contribution in [0.4, 0.5) is 50.9 Å². The highest BCUT2D eigenvalue weighted by molar-refractivity contribution is 5.97. The van der Waals surface area contributed by atoms with Crippen molar-refractivity contribution in [3.05, 3.63) is 33.9 Å².